The van der Waals surface area contributed by atoms with E-state index < -0.39 is 27.6 Å². The fraction of sp³-hybridized carbons (Fsp3) is 0.174. The van der Waals surface area contributed by atoms with Gasteiger partial charge in [-0.25, -0.2) is 17.2 Å². The molecule has 0 atom stereocenters. The third kappa shape index (κ3) is 5.06. The monoisotopic (exact) mass is 476 g/mol. The predicted molar refractivity (Wildman–Crippen MR) is 123 cm³/mol. The highest BCUT2D eigenvalue weighted by atomic mass is 32.2. The van der Waals surface area contributed by atoms with Crippen molar-refractivity contribution in [1.29, 1.82) is 0 Å². The summed E-state index contributed by atoms with van der Waals surface area (Å²) in [5, 5.41) is 2.67. The van der Waals surface area contributed by atoms with Gasteiger partial charge in [0.25, 0.3) is 5.91 Å². The Labute approximate surface area is 190 Å². The van der Waals surface area contributed by atoms with Crippen molar-refractivity contribution >= 4 is 27.3 Å². The van der Waals surface area contributed by atoms with Crippen LogP contribution in [0.25, 0.3) is 11.1 Å². The summed E-state index contributed by atoms with van der Waals surface area (Å²) < 4.78 is 63.5. The zero-order valence-electron chi connectivity index (χ0n) is 18.3. The van der Waals surface area contributed by atoms with Crippen molar-refractivity contribution < 1.29 is 31.5 Å². The molecular weight excluding hydrogens is 454 g/mol. The number of rotatable bonds is 7. The molecule has 0 spiro atoms. The van der Waals surface area contributed by atoms with Crippen LogP contribution in [0.1, 0.15) is 10.4 Å². The smallest absolute Gasteiger partial charge is 0.259 e. The zero-order valence-corrected chi connectivity index (χ0v) is 19.2. The van der Waals surface area contributed by atoms with Crippen molar-refractivity contribution in [3.63, 3.8) is 0 Å². The van der Waals surface area contributed by atoms with Gasteiger partial charge in [0.1, 0.15) is 11.6 Å². The molecule has 0 saturated carbocycles. The molecule has 0 radical (unpaired) electrons. The van der Waals surface area contributed by atoms with Crippen molar-refractivity contribution in [3.05, 3.63) is 71.8 Å². The van der Waals surface area contributed by atoms with Crippen LogP contribution in [0, 0.1) is 11.6 Å². The summed E-state index contributed by atoms with van der Waals surface area (Å²) in [4.78, 5) is 13.1. The predicted octanol–water partition coefficient (Wildman–Crippen LogP) is 4.30. The summed E-state index contributed by atoms with van der Waals surface area (Å²) in [7, 11) is 0.458. The van der Waals surface area contributed by atoms with Crippen LogP contribution in [0.15, 0.2) is 54.6 Å². The number of carbonyl (C=O) groups is 1. The van der Waals surface area contributed by atoms with E-state index in [2.05, 4.69) is 5.32 Å². The highest BCUT2D eigenvalue weighted by molar-refractivity contribution is 7.92. The maximum absolute atomic E-state index is 14.4. The normalized spacial score (nSPS) is 11.1. The number of ether oxygens (including phenoxy) is 2. The molecule has 0 fully saturated rings. The minimum atomic E-state index is -3.68. The lowest BCUT2D eigenvalue weighted by Crippen LogP contribution is -2.26. The number of methoxy groups -OCH3 is 2. The van der Waals surface area contributed by atoms with Crippen molar-refractivity contribution in [2.45, 2.75) is 0 Å². The number of carbonyl (C=O) groups excluding carboxylic acids is 1. The average Bonchev–Trinajstić information content (AvgIpc) is 2.77. The van der Waals surface area contributed by atoms with Gasteiger partial charge in [-0.2, -0.15) is 0 Å². The molecule has 1 amide bonds. The van der Waals surface area contributed by atoms with Gasteiger partial charge in [-0.05, 0) is 42.0 Å². The van der Waals surface area contributed by atoms with E-state index in [9.17, 15) is 22.0 Å². The van der Waals surface area contributed by atoms with Crippen molar-refractivity contribution in [2.24, 2.45) is 0 Å². The Bertz CT molecular complexity index is 1310. The van der Waals surface area contributed by atoms with E-state index in [0.717, 1.165) is 22.7 Å². The van der Waals surface area contributed by atoms with E-state index >= 15 is 0 Å². The summed E-state index contributed by atoms with van der Waals surface area (Å²) in [6.45, 7) is 0. The zero-order chi connectivity index (χ0) is 24.3. The maximum atomic E-state index is 14.4. The van der Waals surface area contributed by atoms with E-state index in [4.69, 9.17) is 9.47 Å². The number of para-hydroxylation sites is 1. The molecule has 0 heterocycles. The highest BCUT2D eigenvalue weighted by Crippen LogP contribution is 2.35. The molecule has 0 unspecified atom stereocenters. The molecule has 0 aliphatic carbocycles. The minimum absolute atomic E-state index is 0.0828. The Kier molecular flexibility index (Phi) is 6.87. The number of nitrogens with one attached hydrogen (secondary N) is 1. The second kappa shape index (κ2) is 9.45. The fourth-order valence-corrected chi connectivity index (χ4v) is 3.75. The molecule has 10 heteroatoms. The Hall–Kier alpha value is -3.66. The fourth-order valence-electron chi connectivity index (χ4n) is 3.24. The van der Waals surface area contributed by atoms with Crippen molar-refractivity contribution in [1.82, 2.24) is 0 Å². The molecule has 3 rings (SSSR count). The lowest BCUT2D eigenvalue weighted by atomic mass is 10.0. The number of halogens is 2. The summed E-state index contributed by atoms with van der Waals surface area (Å²) >= 11 is 0. The van der Waals surface area contributed by atoms with E-state index in [1.165, 1.54) is 51.6 Å². The number of amides is 1. The first-order chi connectivity index (χ1) is 15.6. The standard InChI is InChI=1S/C23H22F2N2O5S/c1-27(33(4,29)30)20-11-8-14(16-10-9-15(24)13-18(16)25)12-19(20)26-23(28)17-6-5-7-21(31-2)22(17)32-3/h5-13H,1-4H3,(H,26,28). The molecule has 0 aliphatic heterocycles. The molecule has 0 aliphatic rings. The van der Waals surface area contributed by atoms with Gasteiger partial charge in [-0.3, -0.25) is 9.10 Å². The van der Waals surface area contributed by atoms with Crippen LogP contribution in [-0.2, 0) is 10.0 Å². The molecule has 3 aromatic carbocycles. The Morgan fingerprint density at radius 3 is 2.33 bits per heavy atom. The topological polar surface area (TPSA) is 84.9 Å². The lowest BCUT2D eigenvalue weighted by Gasteiger charge is -2.22. The molecular formula is C23H22F2N2O5S. The largest absolute Gasteiger partial charge is 0.493 e. The first-order valence-electron chi connectivity index (χ1n) is 9.62. The molecule has 0 bridgehead atoms. The van der Waals surface area contributed by atoms with Crippen LogP contribution in [0.3, 0.4) is 0 Å². The van der Waals surface area contributed by atoms with E-state index in [-0.39, 0.29) is 28.3 Å². The molecule has 7 nitrogen and oxygen atoms in total. The average molecular weight is 477 g/mol. The molecule has 1 N–H and O–H groups in total. The molecule has 174 valence electrons. The van der Waals surface area contributed by atoms with Gasteiger partial charge in [0, 0.05) is 18.7 Å². The second-order valence-electron chi connectivity index (χ2n) is 7.08. The number of benzene rings is 3. The summed E-state index contributed by atoms with van der Waals surface area (Å²) in [5.41, 5.74) is 0.784. The highest BCUT2D eigenvalue weighted by Gasteiger charge is 2.22. The Morgan fingerprint density at radius 2 is 1.73 bits per heavy atom. The van der Waals surface area contributed by atoms with E-state index in [1.807, 2.05) is 0 Å². The molecule has 3 aromatic rings. The SMILES string of the molecule is COc1cccc(C(=O)Nc2cc(-c3ccc(F)cc3F)ccc2N(C)S(C)(=O)=O)c1OC. The first-order valence-corrected chi connectivity index (χ1v) is 11.5. The number of hydrogen-bond acceptors (Lipinski definition) is 5. The summed E-state index contributed by atoms with van der Waals surface area (Å²) in [5.74, 6) is -1.61. The van der Waals surface area contributed by atoms with Gasteiger partial charge in [-0.1, -0.05) is 12.1 Å². The second-order valence-corrected chi connectivity index (χ2v) is 9.10. The first kappa shape index (κ1) is 24.0. The van der Waals surface area contributed by atoms with Gasteiger partial charge >= 0.3 is 0 Å². The number of hydrogen-bond donors (Lipinski definition) is 1. The third-order valence-electron chi connectivity index (χ3n) is 4.97. The van der Waals surface area contributed by atoms with Crippen LogP contribution in [-0.4, -0.2) is 41.8 Å². The van der Waals surface area contributed by atoms with Crippen LogP contribution in [0.2, 0.25) is 0 Å². The summed E-state index contributed by atoms with van der Waals surface area (Å²) in [6, 6.07) is 12.2. The lowest BCUT2D eigenvalue weighted by molar-refractivity contribution is 0.102. The van der Waals surface area contributed by atoms with Crippen LogP contribution in [0.4, 0.5) is 20.2 Å². The minimum Gasteiger partial charge on any atom is -0.493 e. The number of anilines is 2. The third-order valence-corrected chi connectivity index (χ3v) is 6.16. The number of sulfonamides is 1. The van der Waals surface area contributed by atoms with Gasteiger partial charge in [0.2, 0.25) is 10.0 Å². The van der Waals surface area contributed by atoms with Crippen LogP contribution < -0.4 is 19.1 Å². The molecule has 0 saturated heterocycles. The van der Waals surface area contributed by atoms with Gasteiger partial charge in [0.05, 0.1) is 37.4 Å². The van der Waals surface area contributed by atoms with Crippen LogP contribution in [0.5, 0.6) is 11.5 Å². The van der Waals surface area contributed by atoms with Crippen molar-refractivity contribution in [3.8, 4) is 22.6 Å². The van der Waals surface area contributed by atoms with Crippen molar-refractivity contribution in [2.75, 3.05) is 37.1 Å². The van der Waals surface area contributed by atoms with Gasteiger partial charge in [-0.15, -0.1) is 0 Å². The molecule has 33 heavy (non-hydrogen) atoms. The van der Waals surface area contributed by atoms with E-state index in [0.29, 0.717) is 11.3 Å². The van der Waals surface area contributed by atoms with Crippen LogP contribution >= 0.6 is 0 Å². The Morgan fingerprint density at radius 1 is 1.00 bits per heavy atom. The Balaban J connectivity index is 2.12. The van der Waals surface area contributed by atoms with Gasteiger partial charge in [0.15, 0.2) is 11.5 Å². The van der Waals surface area contributed by atoms with Gasteiger partial charge < -0.3 is 14.8 Å². The summed E-state index contributed by atoms with van der Waals surface area (Å²) in [6.07, 6.45) is 1.01. The molecule has 0 aromatic heterocycles. The quantitative estimate of drug-likeness (QED) is 0.550. The van der Waals surface area contributed by atoms with E-state index in [1.54, 1.807) is 12.1 Å². The maximum Gasteiger partial charge on any atom is 0.259 e. The number of nitrogens with zero attached hydrogens (tertiary/aromatic N) is 1.